The molecule has 1 heterocycles. The van der Waals surface area contributed by atoms with E-state index in [0.717, 1.165) is 13.0 Å². The van der Waals surface area contributed by atoms with Gasteiger partial charge in [-0.15, -0.1) is 0 Å². The zero-order chi connectivity index (χ0) is 10.8. The Labute approximate surface area is 85.4 Å². The summed E-state index contributed by atoms with van der Waals surface area (Å²) >= 11 is 0. The van der Waals surface area contributed by atoms with E-state index in [1.165, 1.54) is 0 Å². The first kappa shape index (κ1) is 11.5. The van der Waals surface area contributed by atoms with Crippen molar-refractivity contribution < 1.29 is 9.53 Å². The van der Waals surface area contributed by atoms with Crippen molar-refractivity contribution in [2.45, 2.75) is 44.9 Å². The summed E-state index contributed by atoms with van der Waals surface area (Å²) in [6.45, 7) is 6.74. The first-order valence-corrected chi connectivity index (χ1v) is 5.09. The van der Waals surface area contributed by atoms with Crippen molar-refractivity contribution in [1.82, 2.24) is 10.6 Å². The van der Waals surface area contributed by atoms with Gasteiger partial charge in [-0.25, -0.2) is 0 Å². The van der Waals surface area contributed by atoms with E-state index in [9.17, 15) is 4.79 Å². The molecular weight excluding hydrogens is 180 g/mol. The summed E-state index contributed by atoms with van der Waals surface area (Å²) in [5.41, 5.74) is -0.164. The third-order valence-electron chi connectivity index (χ3n) is 2.81. The molecule has 1 fully saturated rings. The Morgan fingerprint density at radius 2 is 2.21 bits per heavy atom. The molecule has 1 saturated heterocycles. The summed E-state index contributed by atoms with van der Waals surface area (Å²) < 4.78 is 5.57. The van der Waals surface area contributed by atoms with Crippen LogP contribution in [0.25, 0.3) is 0 Å². The van der Waals surface area contributed by atoms with Gasteiger partial charge in [0.15, 0.2) is 0 Å². The van der Waals surface area contributed by atoms with Crippen LogP contribution in [-0.2, 0) is 9.53 Å². The lowest BCUT2D eigenvalue weighted by molar-refractivity contribution is -0.122. The number of hydrogen-bond acceptors (Lipinski definition) is 3. The fourth-order valence-corrected chi connectivity index (χ4v) is 1.77. The maximum absolute atomic E-state index is 11.3. The maximum Gasteiger partial charge on any atom is 0.236 e. The normalized spacial score (nSPS) is 27.3. The molecule has 0 bridgehead atoms. The van der Waals surface area contributed by atoms with Crippen molar-refractivity contribution in [1.29, 1.82) is 0 Å². The molecule has 4 nitrogen and oxygen atoms in total. The van der Waals surface area contributed by atoms with Crippen LogP contribution < -0.4 is 10.6 Å². The molecule has 0 aliphatic carbocycles. The molecule has 0 saturated carbocycles. The Morgan fingerprint density at radius 3 is 2.64 bits per heavy atom. The highest BCUT2D eigenvalue weighted by molar-refractivity contribution is 5.80. The van der Waals surface area contributed by atoms with Crippen molar-refractivity contribution in [2.24, 2.45) is 0 Å². The number of carbonyl (C=O) groups is 1. The Morgan fingerprint density at radius 1 is 1.57 bits per heavy atom. The monoisotopic (exact) mass is 200 g/mol. The third kappa shape index (κ3) is 2.45. The molecule has 0 aromatic rings. The maximum atomic E-state index is 11.3. The summed E-state index contributed by atoms with van der Waals surface area (Å²) in [7, 11) is 1.65. The van der Waals surface area contributed by atoms with E-state index in [-0.39, 0.29) is 23.6 Å². The molecule has 1 rings (SSSR count). The first-order chi connectivity index (χ1) is 6.47. The minimum absolute atomic E-state index is 0.0210. The van der Waals surface area contributed by atoms with Crippen molar-refractivity contribution in [3.63, 3.8) is 0 Å². The number of rotatable bonds is 3. The highest BCUT2D eigenvalue weighted by Crippen LogP contribution is 2.25. The fourth-order valence-electron chi connectivity index (χ4n) is 1.77. The standard InChI is InChI=1S/C10H20N2O2/c1-7(9(13)11-4)12-8-5-6-14-10(8,2)3/h7-8,12H,5-6H2,1-4H3,(H,11,13)/t7-,8?/m0/s1. The molecule has 0 spiro atoms. The smallest absolute Gasteiger partial charge is 0.236 e. The first-order valence-electron chi connectivity index (χ1n) is 5.09. The largest absolute Gasteiger partial charge is 0.374 e. The Kier molecular flexibility index (Phi) is 3.50. The van der Waals surface area contributed by atoms with Gasteiger partial charge in [-0.05, 0) is 27.2 Å². The molecule has 2 atom stereocenters. The van der Waals surface area contributed by atoms with Crippen LogP contribution in [0.4, 0.5) is 0 Å². The molecule has 0 aromatic carbocycles. The molecule has 1 aliphatic rings. The second-order valence-corrected chi connectivity index (χ2v) is 4.30. The molecule has 0 aromatic heterocycles. The molecule has 4 heteroatoms. The zero-order valence-electron chi connectivity index (χ0n) is 9.39. The summed E-state index contributed by atoms with van der Waals surface area (Å²) in [5, 5.41) is 5.91. The van der Waals surface area contributed by atoms with Crippen LogP contribution in [0.5, 0.6) is 0 Å². The molecule has 0 radical (unpaired) electrons. The third-order valence-corrected chi connectivity index (χ3v) is 2.81. The Hall–Kier alpha value is -0.610. The highest BCUT2D eigenvalue weighted by Gasteiger charge is 2.36. The van der Waals surface area contributed by atoms with E-state index < -0.39 is 0 Å². The van der Waals surface area contributed by atoms with Gasteiger partial charge in [0.25, 0.3) is 0 Å². The van der Waals surface area contributed by atoms with Crippen LogP contribution in [0.2, 0.25) is 0 Å². The van der Waals surface area contributed by atoms with E-state index in [1.54, 1.807) is 7.05 Å². The summed E-state index contributed by atoms with van der Waals surface area (Å²) in [6.07, 6.45) is 0.967. The fraction of sp³-hybridized carbons (Fsp3) is 0.900. The van der Waals surface area contributed by atoms with E-state index in [0.29, 0.717) is 0 Å². The number of ether oxygens (including phenoxy) is 1. The summed E-state index contributed by atoms with van der Waals surface area (Å²) in [6, 6.07) is 0.0979. The van der Waals surface area contributed by atoms with E-state index in [4.69, 9.17) is 4.74 Å². The van der Waals surface area contributed by atoms with Gasteiger partial charge in [-0.1, -0.05) is 0 Å². The molecule has 82 valence electrons. The van der Waals surface area contributed by atoms with Crippen molar-refractivity contribution in [3.8, 4) is 0 Å². The Bertz CT molecular complexity index is 216. The molecular formula is C10H20N2O2. The van der Waals surface area contributed by atoms with Gasteiger partial charge in [-0.3, -0.25) is 4.79 Å². The van der Waals surface area contributed by atoms with Gasteiger partial charge < -0.3 is 15.4 Å². The minimum atomic E-state index is -0.164. The van der Waals surface area contributed by atoms with Crippen LogP contribution in [0, 0.1) is 0 Å². The van der Waals surface area contributed by atoms with Crippen LogP contribution in [0.3, 0.4) is 0 Å². The number of likely N-dealkylation sites (N-methyl/N-ethyl adjacent to an activating group) is 1. The van der Waals surface area contributed by atoms with Crippen LogP contribution >= 0.6 is 0 Å². The lowest BCUT2D eigenvalue weighted by atomic mass is 9.98. The van der Waals surface area contributed by atoms with Gasteiger partial charge in [-0.2, -0.15) is 0 Å². The van der Waals surface area contributed by atoms with Crippen LogP contribution in [-0.4, -0.2) is 37.2 Å². The molecule has 1 amide bonds. The van der Waals surface area contributed by atoms with Crippen molar-refractivity contribution in [2.75, 3.05) is 13.7 Å². The highest BCUT2D eigenvalue weighted by atomic mass is 16.5. The van der Waals surface area contributed by atoms with E-state index in [2.05, 4.69) is 10.6 Å². The predicted molar refractivity (Wildman–Crippen MR) is 55.1 cm³/mol. The quantitative estimate of drug-likeness (QED) is 0.688. The average molecular weight is 200 g/mol. The van der Waals surface area contributed by atoms with Gasteiger partial charge >= 0.3 is 0 Å². The minimum Gasteiger partial charge on any atom is -0.374 e. The SMILES string of the molecule is CNC(=O)[C@H](C)NC1CCOC1(C)C. The summed E-state index contributed by atoms with van der Waals surface area (Å²) in [4.78, 5) is 11.3. The van der Waals surface area contributed by atoms with Crippen molar-refractivity contribution >= 4 is 5.91 Å². The van der Waals surface area contributed by atoms with Crippen molar-refractivity contribution in [3.05, 3.63) is 0 Å². The summed E-state index contributed by atoms with van der Waals surface area (Å²) in [5.74, 6) is 0.0210. The molecule has 1 aliphatic heterocycles. The predicted octanol–water partition coefficient (Wildman–Crippen LogP) is 0.278. The van der Waals surface area contributed by atoms with Crippen LogP contribution in [0.1, 0.15) is 27.2 Å². The number of carbonyl (C=O) groups excluding carboxylic acids is 1. The van der Waals surface area contributed by atoms with E-state index >= 15 is 0 Å². The number of hydrogen-bond donors (Lipinski definition) is 2. The zero-order valence-corrected chi connectivity index (χ0v) is 9.39. The van der Waals surface area contributed by atoms with Gasteiger partial charge in [0.2, 0.25) is 5.91 Å². The number of amides is 1. The van der Waals surface area contributed by atoms with E-state index in [1.807, 2.05) is 20.8 Å². The second kappa shape index (κ2) is 4.28. The number of nitrogens with one attached hydrogen (secondary N) is 2. The topological polar surface area (TPSA) is 50.4 Å². The lowest BCUT2D eigenvalue weighted by Gasteiger charge is -2.28. The second-order valence-electron chi connectivity index (χ2n) is 4.30. The van der Waals surface area contributed by atoms with Gasteiger partial charge in [0.1, 0.15) is 0 Å². The molecule has 14 heavy (non-hydrogen) atoms. The average Bonchev–Trinajstić information content (AvgIpc) is 2.44. The van der Waals surface area contributed by atoms with Crippen LogP contribution in [0.15, 0.2) is 0 Å². The lowest BCUT2D eigenvalue weighted by Crippen LogP contribution is -2.51. The Balaban J connectivity index is 2.48. The molecule has 1 unspecified atom stereocenters. The molecule has 2 N–H and O–H groups in total. The van der Waals surface area contributed by atoms with Gasteiger partial charge in [0, 0.05) is 19.7 Å². The van der Waals surface area contributed by atoms with Gasteiger partial charge in [0.05, 0.1) is 11.6 Å².